The molecule has 2 unspecified atom stereocenters. The Morgan fingerprint density at radius 2 is 1.82 bits per heavy atom. The molecule has 0 rings (SSSR count). The van der Waals surface area contributed by atoms with Gasteiger partial charge >= 0.3 is 29.6 Å². The molecular weight excluding hydrogens is 209 g/mol. The van der Waals surface area contributed by atoms with Crippen molar-refractivity contribution in [1.29, 1.82) is 0 Å². The predicted molar refractivity (Wildman–Crippen MR) is 33.3 cm³/mol. The van der Waals surface area contributed by atoms with Gasteiger partial charge in [0, 0.05) is 5.75 Å². The Bertz CT molecular complexity index is 195. The molecule has 3 nitrogen and oxygen atoms in total. The van der Waals surface area contributed by atoms with Gasteiger partial charge in [0.25, 0.3) is 0 Å². The van der Waals surface area contributed by atoms with Gasteiger partial charge in [-0.25, -0.2) is 17.2 Å². The number of thiol groups is 1. The van der Waals surface area contributed by atoms with Crippen LogP contribution in [-0.2, 0) is 10.1 Å². The van der Waals surface area contributed by atoms with Crippen LogP contribution in [0, 0.1) is 0 Å². The molecule has 0 aromatic carbocycles. The molecule has 0 bridgehead atoms. The molecule has 0 heterocycles. The maximum Gasteiger partial charge on any atom is 1.00 e. The van der Waals surface area contributed by atoms with Gasteiger partial charge in [0.15, 0.2) is 6.17 Å². The van der Waals surface area contributed by atoms with Crippen molar-refractivity contribution in [3.05, 3.63) is 0 Å². The van der Waals surface area contributed by atoms with E-state index in [1.165, 1.54) is 0 Å². The van der Waals surface area contributed by atoms with E-state index in [9.17, 15) is 21.8 Å². The van der Waals surface area contributed by atoms with Crippen LogP contribution in [0.1, 0.15) is 0 Å². The van der Waals surface area contributed by atoms with E-state index in [1.54, 1.807) is 0 Å². The average Bonchev–Trinajstić information content (AvgIpc) is 1.83. The third-order valence-corrected chi connectivity index (χ3v) is 1.93. The third-order valence-electron chi connectivity index (χ3n) is 0.735. The maximum atomic E-state index is 12.0. The summed E-state index contributed by atoms with van der Waals surface area (Å²) in [5, 5.41) is 0. The second-order valence-electron chi connectivity index (χ2n) is 1.54. The van der Waals surface area contributed by atoms with Gasteiger partial charge < -0.3 is 4.55 Å². The predicted octanol–water partition coefficient (Wildman–Crippen LogP) is -2.90. The van der Waals surface area contributed by atoms with E-state index in [-0.39, 0.29) is 29.6 Å². The van der Waals surface area contributed by atoms with Crippen LogP contribution >= 0.6 is 12.6 Å². The van der Waals surface area contributed by atoms with Crippen molar-refractivity contribution < 1.29 is 51.3 Å². The summed E-state index contributed by atoms with van der Waals surface area (Å²) in [6.07, 6.45) is -2.34. The van der Waals surface area contributed by atoms with Gasteiger partial charge in [0.05, 0.1) is 0 Å². The molecule has 0 spiro atoms. The van der Waals surface area contributed by atoms with E-state index < -0.39 is 27.5 Å². The quantitative estimate of drug-likeness (QED) is 0.311. The summed E-state index contributed by atoms with van der Waals surface area (Å²) in [4.78, 5) is 0. The summed E-state index contributed by atoms with van der Waals surface area (Å²) in [6, 6.07) is 0. The van der Waals surface area contributed by atoms with Crippen molar-refractivity contribution in [2.24, 2.45) is 0 Å². The van der Waals surface area contributed by atoms with Crippen molar-refractivity contribution in [1.82, 2.24) is 0 Å². The molecule has 62 valence electrons. The summed E-state index contributed by atoms with van der Waals surface area (Å²) in [6.45, 7) is 0. The van der Waals surface area contributed by atoms with Gasteiger partial charge in [0.2, 0.25) is 5.50 Å². The first kappa shape index (κ1) is 14.6. The van der Waals surface area contributed by atoms with Gasteiger partial charge in [-0.15, -0.1) is 0 Å². The zero-order valence-electron chi connectivity index (χ0n) is 5.70. The fraction of sp³-hybridized carbons (Fsp3) is 1.00. The van der Waals surface area contributed by atoms with E-state index in [0.29, 0.717) is 0 Å². The van der Waals surface area contributed by atoms with Crippen LogP contribution in [0.3, 0.4) is 0 Å². The molecule has 0 N–H and O–H groups in total. The summed E-state index contributed by atoms with van der Waals surface area (Å²) in [5.41, 5.74) is -3.00. The van der Waals surface area contributed by atoms with Gasteiger partial charge in [-0.3, -0.25) is 0 Å². The van der Waals surface area contributed by atoms with Crippen molar-refractivity contribution in [2.45, 2.75) is 11.7 Å². The zero-order valence-corrected chi connectivity index (χ0v) is 9.41. The molecule has 11 heavy (non-hydrogen) atoms. The Hall–Kier alpha value is 1.12. The SMILES string of the molecule is O=S(=O)([O-])C(F)C(F)CS.[Na+]. The second kappa shape index (κ2) is 5.71. The largest absolute Gasteiger partial charge is 1.00 e. The molecule has 8 heteroatoms. The standard InChI is InChI=1S/C3H6F2O3S2.Na/c4-2(1-9)3(5)10(6,7)8;/h2-3,9H,1H2,(H,6,7,8);/q;+1/p-1. The molecule has 0 aliphatic carbocycles. The van der Waals surface area contributed by atoms with Crippen molar-refractivity contribution in [3.8, 4) is 0 Å². The van der Waals surface area contributed by atoms with E-state index in [2.05, 4.69) is 12.6 Å². The van der Waals surface area contributed by atoms with E-state index in [0.717, 1.165) is 0 Å². The van der Waals surface area contributed by atoms with Crippen LogP contribution in [0.25, 0.3) is 0 Å². The first-order valence-corrected chi connectivity index (χ1v) is 4.33. The summed E-state index contributed by atoms with van der Waals surface area (Å²) < 4.78 is 53.2. The molecule has 0 amide bonds. The number of hydrogen-bond acceptors (Lipinski definition) is 4. The molecule has 0 aliphatic heterocycles. The normalized spacial score (nSPS) is 16.7. The fourth-order valence-corrected chi connectivity index (χ4v) is 1.05. The molecule has 0 saturated carbocycles. The topological polar surface area (TPSA) is 57.2 Å². The molecule has 0 saturated heterocycles. The Morgan fingerprint density at radius 1 is 1.45 bits per heavy atom. The number of alkyl halides is 2. The summed E-state index contributed by atoms with van der Waals surface area (Å²) >= 11 is 3.27. The minimum Gasteiger partial charge on any atom is -0.746 e. The summed E-state index contributed by atoms with van der Waals surface area (Å²) in [5.74, 6) is -0.622. The fourth-order valence-electron chi connectivity index (χ4n) is 0.264. The number of rotatable bonds is 3. The Kier molecular flexibility index (Phi) is 7.60. The molecule has 0 fully saturated rings. The molecule has 0 aromatic heterocycles. The third kappa shape index (κ3) is 5.37. The van der Waals surface area contributed by atoms with Crippen LogP contribution in [0.15, 0.2) is 0 Å². The first-order valence-electron chi connectivity index (χ1n) is 2.23. The van der Waals surface area contributed by atoms with E-state index in [1.807, 2.05) is 0 Å². The van der Waals surface area contributed by atoms with Crippen LogP contribution in [0.2, 0.25) is 0 Å². The van der Waals surface area contributed by atoms with E-state index >= 15 is 0 Å². The molecular formula is C3H5F2NaO3S2. The smallest absolute Gasteiger partial charge is 0.746 e. The summed E-state index contributed by atoms with van der Waals surface area (Å²) in [7, 11) is -5.15. The monoisotopic (exact) mass is 214 g/mol. The second-order valence-corrected chi connectivity index (χ2v) is 3.34. The van der Waals surface area contributed by atoms with Crippen LogP contribution < -0.4 is 29.6 Å². The maximum absolute atomic E-state index is 12.0. The van der Waals surface area contributed by atoms with Crippen molar-refractivity contribution in [3.63, 3.8) is 0 Å². The number of hydrogen-bond donors (Lipinski definition) is 1. The van der Waals surface area contributed by atoms with Crippen LogP contribution in [0.4, 0.5) is 8.78 Å². The Balaban J connectivity index is 0. The Morgan fingerprint density at radius 3 is 1.91 bits per heavy atom. The van der Waals surface area contributed by atoms with Crippen LogP contribution in [-0.4, -0.2) is 30.4 Å². The van der Waals surface area contributed by atoms with Gasteiger partial charge in [-0.2, -0.15) is 12.6 Å². The minimum atomic E-state index is -5.15. The van der Waals surface area contributed by atoms with Crippen molar-refractivity contribution >= 4 is 22.7 Å². The minimum absolute atomic E-state index is 0. The molecule has 0 radical (unpaired) electrons. The van der Waals surface area contributed by atoms with Gasteiger partial charge in [0.1, 0.15) is 10.1 Å². The van der Waals surface area contributed by atoms with Crippen molar-refractivity contribution in [2.75, 3.05) is 5.75 Å². The van der Waals surface area contributed by atoms with Gasteiger partial charge in [-0.1, -0.05) is 0 Å². The first-order chi connectivity index (χ1) is 4.39. The molecule has 0 aromatic rings. The van der Waals surface area contributed by atoms with Gasteiger partial charge in [-0.05, 0) is 0 Å². The average molecular weight is 214 g/mol. The molecule has 0 aliphatic rings. The zero-order chi connectivity index (χ0) is 8.36. The number of halogens is 2. The Labute approximate surface area is 91.0 Å². The van der Waals surface area contributed by atoms with E-state index in [4.69, 9.17) is 0 Å². The van der Waals surface area contributed by atoms with Crippen LogP contribution in [0.5, 0.6) is 0 Å². The molecule has 2 atom stereocenters.